The first-order valence-electron chi connectivity index (χ1n) is 5.29. The van der Waals surface area contributed by atoms with Crippen molar-refractivity contribution in [2.75, 3.05) is 0 Å². The van der Waals surface area contributed by atoms with Crippen molar-refractivity contribution in [1.29, 1.82) is 5.26 Å². The molecule has 0 saturated carbocycles. The molecular formula is C11H19NO2. The highest BCUT2D eigenvalue weighted by Crippen LogP contribution is 2.22. The van der Waals surface area contributed by atoms with E-state index in [0.29, 0.717) is 0 Å². The lowest BCUT2D eigenvalue weighted by Crippen LogP contribution is -2.21. The molecule has 0 aliphatic carbocycles. The third-order valence-electron chi connectivity index (χ3n) is 2.58. The Morgan fingerprint density at radius 2 is 2.07 bits per heavy atom. The second-order valence-corrected chi connectivity index (χ2v) is 3.61. The predicted molar refractivity (Wildman–Crippen MR) is 54.7 cm³/mol. The highest BCUT2D eigenvalue weighted by Gasteiger charge is 2.25. The van der Waals surface area contributed by atoms with Crippen molar-refractivity contribution >= 4 is 5.97 Å². The van der Waals surface area contributed by atoms with Crippen LogP contribution in [0.3, 0.4) is 0 Å². The standard InChI is InChI=1S/C11H19NO2/c1-3-5-6-7-9(4-2)10(8-12)11(13)14/h9-10H,3-7H2,1-2H3,(H,13,14). The highest BCUT2D eigenvalue weighted by molar-refractivity contribution is 5.73. The molecular weight excluding hydrogens is 178 g/mol. The van der Waals surface area contributed by atoms with Gasteiger partial charge in [0.05, 0.1) is 6.07 Å². The van der Waals surface area contributed by atoms with Crippen molar-refractivity contribution in [3.05, 3.63) is 0 Å². The van der Waals surface area contributed by atoms with Gasteiger partial charge in [-0.2, -0.15) is 5.26 Å². The summed E-state index contributed by atoms with van der Waals surface area (Å²) in [4.78, 5) is 10.7. The number of nitrogens with zero attached hydrogens (tertiary/aromatic N) is 1. The van der Waals surface area contributed by atoms with Crippen LogP contribution in [-0.4, -0.2) is 11.1 Å². The molecule has 0 amide bonds. The SMILES string of the molecule is CCCCCC(CC)C(C#N)C(=O)O. The first kappa shape index (κ1) is 13.0. The van der Waals surface area contributed by atoms with Crippen molar-refractivity contribution in [2.45, 2.75) is 46.0 Å². The van der Waals surface area contributed by atoms with E-state index in [1.807, 2.05) is 13.0 Å². The first-order chi connectivity index (χ1) is 6.67. The molecule has 0 aromatic rings. The van der Waals surface area contributed by atoms with Crippen LogP contribution in [0.25, 0.3) is 0 Å². The number of rotatable bonds is 7. The van der Waals surface area contributed by atoms with Crippen LogP contribution >= 0.6 is 0 Å². The van der Waals surface area contributed by atoms with Crippen LogP contribution in [0.1, 0.15) is 46.0 Å². The molecule has 0 spiro atoms. The van der Waals surface area contributed by atoms with Gasteiger partial charge in [-0.1, -0.05) is 39.5 Å². The summed E-state index contributed by atoms with van der Waals surface area (Å²) in [5.41, 5.74) is 0. The Balaban J connectivity index is 4.10. The quantitative estimate of drug-likeness (QED) is 0.638. The molecule has 2 atom stereocenters. The van der Waals surface area contributed by atoms with E-state index in [9.17, 15) is 4.79 Å². The number of hydrogen-bond acceptors (Lipinski definition) is 2. The molecule has 0 heterocycles. The average molecular weight is 197 g/mol. The number of carboxylic acids is 1. The molecule has 0 aliphatic rings. The molecule has 80 valence electrons. The van der Waals surface area contributed by atoms with Crippen LogP contribution < -0.4 is 0 Å². The fourth-order valence-corrected chi connectivity index (χ4v) is 1.63. The zero-order valence-electron chi connectivity index (χ0n) is 8.99. The zero-order chi connectivity index (χ0) is 11.0. The summed E-state index contributed by atoms with van der Waals surface area (Å²) in [7, 11) is 0. The summed E-state index contributed by atoms with van der Waals surface area (Å²) < 4.78 is 0. The average Bonchev–Trinajstić information content (AvgIpc) is 2.16. The summed E-state index contributed by atoms with van der Waals surface area (Å²) in [6.07, 6.45) is 4.90. The van der Waals surface area contributed by atoms with Gasteiger partial charge in [-0.15, -0.1) is 0 Å². The van der Waals surface area contributed by atoms with Gasteiger partial charge < -0.3 is 5.11 Å². The molecule has 0 rings (SSSR count). The molecule has 0 fully saturated rings. The topological polar surface area (TPSA) is 61.1 Å². The largest absolute Gasteiger partial charge is 0.480 e. The monoisotopic (exact) mass is 197 g/mol. The van der Waals surface area contributed by atoms with E-state index in [1.165, 1.54) is 0 Å². The van der Waals surface area contributed by atoms with Crippen LogP contribution in [0.5, 0.6) is 0 Å². The van der Waals surface area contributed by atoms with E-state index in [0.717, 1.165) is 32.1 Å². The molecule has 14 heavy (non-hydrogen) atoms. The maximum absolute atomic E-state index is 10.7. The van der Waals surface area contributed by atoms with E-state index in [4.69, 9.17) is 10.4 Å². The van der Waals surface area contributed by atoms with Gasteiger partial charge in [0.2, 0.25) is 0 Å². The number of hydrogen-bond donors (Lipinski definition) is 1. The molecule has 0 aliphatic heterocycles. The lowest BCUT2D eigenvalue weighted by atomic mass is 9.86. The minimum atomic E-state index is -0.976. The molecule has 0 radical (unpaired) electrons. The lowest BCUT2D eigenvalue weighted by Gasteiger charge is -2.16. The normalized spacial score (nSPS) is 14.4. The van der Waals surface area contributed by atoms with Gasteiger partial charge >= 0.3 is 5.97 Å². The van der Waals surface area contributed by atoms with Crippen LogP contribution in [0.15, 0.2) is 0 Å². The predicted octanol–water partition coefficient (Wildman–Crippen LogP) is 2.82. The fourth-order valence-electron chi connectivity index (χ4n) is 1.63. The molecule has 3 heteroatoms. The van der Waals surface area contributed by atoms with Crippen LogP contribution in [0.2, 0.25) is 0 Å². The molecule has 0 aromatic carbocycles. The van der Waals surface area contributed by atoms with Crippen molar-refractivity contribution < 1.29 is 9.90 Å². The van der Waals surface area contributed by atoms with E-state index >= 15 is 0 Å². The van der Waals surface area contributed by atoms with E-state index < -0.39 is 11.9 Å². The first-order valence-corrected chi connectivity index (χ1v) is 5.29. The van der Waals surface area contributed by atoms with Gasteiger partial charge in [-0.3, -0.25) is 4.79 Å². The number of carboxylic acid groups (broad SMARTS) is 1. The second kappa shape index (κ2) is 7.37. The lowest BCUT2D eigenvalue weighted by molar-refractivity contribution is -0.141. The van der Waals surface area contributed by atoms with Crippen molar-refractivity contribution in [1.82, 2.24) is 0 Å². The van der Waals surface area contributed by atoms with E-state index in [-0.39, 0.29) is 5.92 Å². The Morgan fingerprint density at radius 1 is 1.43 bits per heavy atom. The molecule has 1 N–H and O–H groups in total. The van der Waals surface area contributed by atoms with Crippen LogP contribution in [-0.2, 0) is 4.79 Å². The minimum absolute atomic E-state index is 0.0176. The summed E-state index contributed by atoms with van der Waals surface area (Å²) in [5.74, 6) is -1.78. The van der Waals surface area contributed by atoms with Gasteiger partial charge in [0.1, 0.15) is 5.92 Å². The maximum atomic E-state index is 10.7. The Labute approximate surface area is 85.7 Å². The summed E-state index contributed by atoms with van der Waals surface area (Å²) in [5, 5.41) is 17.5. The Kier molecular flexibility index (Phi) is 6.82. The summed E-state index contributed by atoms with van der Waals surface area (Å²) in [6.45, 7) is 4.06. The van der Waals surface area contributed by atoms with Gasteiger partial charge in [0.25, 0.3) is 0 Å². The summed E-state index contributed by atoms with van der Waals surface area (Å²) >= 11 is 0. The number of unbranched alkanes of at least 4 members (excludes halogenated alkanes) is 2. The minimum Gasteiger partial charge on any atom is -0.480 e. The Bertz CT molecular complexity index is 208. The second-order valence-electron chi connectivity index (χ2n) is 3.61. The molecule has 0 aromatic heterocycles. The number of aliphatic carboxylic acids is 1. The number of carbonyl (C=O) groups is 1. The molecule has 3 nitrogen and oxygen atoms in total. The third-order valence-corrected chi connectivity index (χ3v) is 2.58. The summed E-state index contributed by atoms with van der Waals surface area (Å²) in [6, 6.07) is 1.88. The van der Waals surface area contributed by atoms with Crippen LogP contribution in [0.4, 0.5) is 0 Å². The van der Waals surface area contributed by atoms with Gasteiger partial charge in [0, 0.05) is 0 Å². The zero-order valence-corrected chi connectivity index (χ0v) is 8.99. The maximum Gasteiger partial charge on any atom is 0.321 e. The third kappa shape index (κ3) is 4.27. The molecule has 0 bridgehead atoms. The van der Waals surface area contributed by atoms with Crippen molar-refractivity contribution in [2.24, 2.45) is 11.8 Å². The van der Waals surface area contributed by atoms with Crippen LogP contribution in [0, 0.1) is 23.2 Å². The number of nitriles is 1. The fraction of sp³-hybridized carbons (Fsp3) is 0.818. The van der Waals surface area contributed by atoms with E-state index in [2.05, 4.69) is 6.92 Å². The Morgan fingerprint density at radius 3 is 2.43 bits per heavy atom. The van der Waals surface area contributed by atoms with Crippen molar-refractivity contribution in [3.63, 3.8) is 0 Å². The molecule has 0 saturated heterocycles. The van der Waals surface area contributed by atoms with Crippen molar-refractivity contribution in [3.8, 4) is 6.07 Å². The van der Waals surface area contributed by atoms with Gasteiger partial charge in [0.15, 0.2) is 0 Å². The highest BCUT2D eigenvalue weighted by atomic mass is 16.4. The van der Waals surface area contributed by atoms with Gasteiger partial charge in [-0.05, 0) is 12.3 Å². The smallest absolute Gasteiger partial charge is 0.321 e. The Hall–Kier alpha value is -1.04. The van der Waals surface area contributed by atoms with E-state index in [1.54, 1.807) is 0 Å². The molecule has 2 unspecified atom stereocenters. The van der Waals surface area contributed by atoms with Gasteiger partial charge in [-0.25, -0.2) is 0 Å².